The summed E-state index contributed by atoms with van der Waals surface area (Å²) in [6.45, 7) is 4.03. The highest BCUT2D eigenvalue weighted by Crippen LogP contribution is 2.26. The number of carbonyl (C=O) groups excluding carboxylic acids is 1. The quantitative estimate of drug-likeness (QED) is 0.602. The van der Waals surface area contributed by atoms with Crippen LogP contribution in [-0.2, 0) is 0 Å². The zero-order valence-corrected chi connectivity index (χ0v) is 12.0. The summed E-state index contributed by atoms with van der Waals surface area (Å²) in [7, 11) is 1.58. The van der Waals surface area contributed by atoms with Crippen LogP contribution in [0.15, 0.2) is 17.8 Å². The van der Waals surface area contributed by atoms with E-state index in [1.807, 2.05) is 13.8 Å². The number of ether oxygens (including phenoxy) is 1. The van der Waals surface area contributed by atoms with Gasteiger partial charge in [0.05, 0.1) is 13.3 Å². The molecular formula is C15H22N2O2. The van der Waals surface area contributed by atoms with Crippen LogP contribution in [0, 0.1) is 0 Å². The maximum absolute atomic E-state index is 12.5. The molecule has 104 valence electrons. The molecule has 0 bridgehead atoms. The second-order valence-electron chi connectivity index (χ2n) is 5.31. The molecule has 0 saturated heterocycles. The summed E-state index contributed by atoms with van der Waals surface area (Å²) in [4.78, 5) is 12.5. The summed E-state index contributed by atoms with van der Waals surface area (Å²) in [5, 5.41) is 4.25. The van der Waals surface area contributed by atoms with E-state index in [-0.39, 0.29) is 11.8 Å². The first kappa shape index (κ1) is 13.8. The summed E-state index contributed by atoms with van der Waals surface area (Å²) < 4.78 is 7.02. The van der Waals surface area contributed by atoms with Crippen LogP contribution in [0.3, 0.4) is 0 Å². The van der Waals surface area contributed by atoms with E-state index in [0.717, 1.165) is 12.8 Å². The van der Waals surface area contributed by atoms with Crippen LogP contribution < -0.4 is 4.74 Å². The summed E-state index contributed by atoms with van der Waals surface area (Å²) in [6, 6.07) is 0.156. The van der Waals surface area contributed by atoms with Gasteiger partial charge in [-0.1, -0.05) is 11.6 Å². The molecule has 0 spiro atoms. The molecule has 0 fully saturated rings. The molecule has 19 heavy (non-hydrogen) atoms. The number of ketones is 1. The third kappa shape index (κ3) is 3.06. The fourth-order valence-corrected chi connectivity index (χ4v) is 2.51. The number of carbonyl (C=O) groups is 1. The minimum atomic E-state index is 0.108. The van der Waals surface area contributed by atoms with Crippen LogP contribution in [0.1, 0.15) is 62.5 Å². The lowest BCUT2D eigenvalue weighted by molar-refractivity contribution is 0.0976. The van der Waals surface area contributed by atoms with Gasteiger partial charge >= 0.3 is 0 Å². The minimum Gasteiger partial charge on any atom is -0.493 e. The average molecular weight is 262 g/mol. The molecule has 0 aromatic carbocycles. The highest BCUT2D eigenvalue weighted by Gasteiger charge is 2.22. The normalized spacial score (nSPS) is 15.5. The van der Waals surface area contributed by atoms with Crippen molar-refractivity contribution in [2.45, 2.75) is 52.0 Å². The summed E-state index contributed by atoms with van der Waals surface area (Å²) in [6.07, 6.45) is 8.92. The van der Waals surface area contributed by atoms with Crippen LogP contribution >= 0.6 is 0 Å². The predicted octanol–water partition coefficient (Wildman–Crippen LogP) is 3.55. The van der Waals surface area contributed by atoms with Crippen molar-refractivity contribution in [1.29, 1.82) is 0 Å². The minimum absolute atomic E-state index is 0.108. The molecule has 2 rings (SSSR count). The van der Waals surface area contributed by atoms with E-state index in [1.165, 1.54) is 18.4 Å². The number of aromatic nitrogens is 2. The Morgan fingerprint density at radius 2 is 2.26 bits per heavy atom. The van der Waals surface area contributed by atoms with E-state index in [0.29, 0.717) is 17.9 Å². The first-order valence-corrected chi connectivity index (χ1v) is 6.96. The highest BCUT2D eigenvalue weighted by molar-refractivity contribution is 5.98. The molecule has 4 nitrogen and oxygen atoms in total. The summed E-state index contributed by atoms with van der Waals surface area (Å²) in [5.74, 6) is 0.686. The molecule has 0 amide bonds. The van der Waals surface area contributed by atoms with Gasteiger partial charge in [0.1, 0.15) is 5.69 Å². The third-order valence-corrected chi connectivity index (χ3v) is 3.51. The zero-order valence-electron chi connectivity index (χ0n) is 12.0. The third-order valence-electron chi connectivity index (χ3n) is 3.51. The Labute approximate surface area is 114 Å². The number of hydrogen-bond acceptors (Lipinski definition) is 3. The van der Waals surface area contributed by atoms with Crippen molar-refractivity contribution >= 4 is 5.78 Å². The number of nitrogens with zero attached hydrogens (tertiary/aromatic N) is 2. The van der Waals surface area contributed by atoms with Crippen molar-refractivity contribution in [3.63, 3.8) is 0 Å². The topological polar surface area (TPSA) is 44.1 Å². The molecule has 4 heteroatoms. The molecule has 1 aliphatic rings. The van der Waals surface area contributed by atoms with Crippen molar-refractivity contribution in [3.05, 3.63) is 23.5 Å². The SMILES string of the molecule is COc1cnn(C(C)C)c1C(=O)CC1=CCCCC1. The second kappa shape index (κ2) is 6.04. The first-order chi connectivity index (χ1) is 9.13. The van der Waals surface area contributed by atoms with Gasteiger partial charge in [0.25, 0.3) is 0 Å². The van der Waals surface area contributed by atoms with Crippen molar-refractivity contribution in [2.24, 2.45) is 0 Å². The van der Waals surface area contributed by atoms with Crippen molar-refractivity contribution < 1.29 is 9.53 Å². The van der Waals surface area contributed by atoms with E-state index < -0.39 is 0 Å². The summed E-state index contributed by atoms with van der Waals surface area (Å²) in [5.41, 5.74) is 1.86. The number of methoxy groups -OCH3 is 1. The number of rotatable bonds is 5. The highest BCUT2D eigenvalue weighted by atomic mass is 16.5. The number of allylic oxidation sites excluding steroid dienone is 2. The van der Waals surface area contributed by atoms with Gasteiger partial charge in [0, 0.05) is 12.5 Å². The van der Waals surface area contributed by atoms with Gasteiger partial charge in [0.15, 0.2) is 11.5 Å². The van der Waals surface area contributed by atoms with E-state index in [2.05, 4.69) is 11.2 Å². The Morgan fingerprint density at radius 3 is 2.84 bits per heavy atom. The van der Waals surface area contributed by atoms with E-state index >= 15 is 0 Å². The summed E-state index contributed by atoms with van der Waals surface area (Å²) >= 11 is 0. The van der Waals surface area contributed by atoms with Crippen LogP contribution in [0.25, 0.3) is 0 Å². The van der Waals surface area contributed by atoms with Crippen LogP contribution in [0.4, 0.5) is 0 Å². The molecule has 0 radical (unpaired) electrons. The number of Topliss-reactive ketones (excluding diaryl/α,β-unsaturated/α-hetero) is 1. The molecule has 1 aromatic rings. The number of hydrogen-bond donors (Lipinski definition) is 0. The van der Waals surface area contributed by atoms with Crippen molar-refractivity contribution in [2.75, 3.05) is 7.11 Å². The lowest BCUT2D eigenvalue weighted by Gasteiger charge is -2.14. The fourth-order valence-electron chi connectivity index (χ4n) is 2.51. The molecule has 0 N–H and O–H groups in total. The van der Waals surface area contributed by atoms with Crippen molar-refractivity contribution in [3.8, 4) is 5.75 Å². The fraction of sp³-hybridized carbons (Fsp3) is 0.600. The van der Waals surface area contributed by atoms with Gasteiger partial charge in [-0.05, 0) is 39.5 Å². The lowest BCUT2D eigenvalue weighted by atomic mass is 9.95. The van der Waals surface area contributed by atoms with Gasteiger partial charge < -0.3 is 4.74 Å². The van der Waals surface area contributed by atoms with Crippen LogP contribution in [-0.4, -0.2) is 22.7 Å². The average Bonchev–Trinajstić information content (AvgIpc) is 2.83. The van der Waals surface area contributed by atoms with Gasteiger partial charge in [-0.15, -0.1) is 0 Å². The van der Waals surface area contributed by atoms with E-state index in [9.17, 15) is 4.79 Å². The van der Waals surface area contributed by atoms with Crippen LogP contribution in [0.5, 0.6) is 5.75 Å². The lowest BCUT2D eigenvalue weighted by Crippen LogP contribution is -2.14. The molecule has 1 heterocycles. The van der Waals surface area contributed by atoms with E-state index in [1.54, 1.807) is 18.0 Å². The Bertz CT molecular complexity index is 486. The van der Waals surface area contributed by atoms with Gasteiger partial charge in [0.2, 0.25) is 0 Å². The van der Waals surface area contributed by atoms with Gasteiger partial charge in [-0.3, -0.25) is 9.48 Å². The maximum Gasteiger partial charge on any atom is 0.188 e. The predicted molar refractivity (Wildman–Crippen MR) is 74.7 cm³/mol. The van der Waals surface area contributed by atoms with Crippen LogP contribution in [0.2, 0.25) is 0 Å². The Kier molecular flexibility index (Phi) is 4.40. The maximum atomic E-state index is 12.5. The van der Waals surface area contributed by atoms with Gasteiger partial charge in [-0.25, -0.2) is 0 Å². The standard InChI is InChI=1S/C15H22N2O2/c1-11(2)17-15(14(19-3)10-16-17)13(18)9-12-7-5-4-6-8-12/h7,10-11H,4-6,8-9H2,1-3H3. The largest absolute Gasteiger partial charge is 0.493 e. The molecule has 0 saturated carbocycles. The Hall–Kier alpha value is -1.58. The zero-order chi connectivity index (χ0) is 13.8. The monoisotopic (exact) mass is 262 g/mol. The molecule has 0 aliphatic heterocycles. The van der Waals surface area contributed by atoms with E-state index in [4.69, 9.17) is 4.74 Å². The molecule has 1 aromatic heterocycles. The molecule has 0 unspecified atom stereocenters. The first-order valence-electron chi connectivity index (χ1n) is 6.96. The van der Waals surface area contributed by atoms with Gasteiger partial charge in [-0.2, -0.15) is 5.10 Å². The van der Waals surface area contributed by atoms with Crippen molar-refractivity contribution in [1.82, 2.24) is 9.78 Å². The molecule has 1 aliphatic carbocycles. The molecular weight excluding hydrogens is 240 g/mol. The second-order valence-corrected chi connectivity index (χ2v) is 5.31. The smallest absolute Gasteiger partial charge is 0.188 e. The Morgan fingerprint density at radius 1 is 1.47 bits per heavy atom. The Balaban J connectivity index is 2.22. The molecule has 0 atom stereocenters.